The summed E-state index contributed by atoms with van der Waals surface area (Å²) in [6, 6.07) is 9.79. The molecule has 0 radical (unpaired) electrons. The first kappa shape index (κ1) is 14.3. The van der Waals surface area contributed by atoms with Crippen LogP contribution in [0.1, 0.15) is 32.7 Å². The molecule has 0 saturated heterocycles. The molecule has 0 aliphatic rings. The molecule has 0 bridgehead atoms. The van der Waals surface area contributed by atoms with Crippen molar-refractivity contribution in [2.75, 3.05) is 0 Å². The molecular weight excluding hydrogens is 274 g/mol. The molecule has 3 rings (SSSR count). The lowest BCUT2D eigenvalue weighted by atomic mass is 10.1. The number of pyridine rings is 1. The summed E-state index contributed by atoms with van der Waals surface area (Å²) in [5, 5.41) is 2.92. The lowest BCUT2D eigenvalue weighted by Crippen LogP contribution is -2.23. The Hall–Kier alpha value is -2.62. The SMILES string of the molecule is Cc1ccn2cc(CNC(=O)c3ccc(C)c(C)c3)nc2c1. The van der Waals surface area contributed by atoms with Crippen molar-refractivity contribution in [3.8, 4) is 0 Å². The molecule has 0 fully saturated rings. The highest BCUT2D eigenvalue weighted by molar-refractivity contribution is 5.94. The number of imidazole rings is 1. The molecule has 1 amide bonds. The van der Waals surface area contributed by atoms with Crippen LogP contribution in [0.4, 0.5) is 0 Å². The average Bonchev–Trinajstić information content (AvgIpc) is 2.89. The number of carbonyl (C=O) groups excluding carboxylic acids is 1. The van der Waals surface area contributed by atoms with Crippen molar-refractivity contribution >= 4 is 11.6 Å². The topological polar surface area (TPSA) is 46.4 Å². The normalized spacial score (nSPS) is 10.9. The van der Waals surface area contributed by atoms with Gasteiger partial charge in [-0.25, -0.2) is 4.98 Å². The first-order chi connectivity index (χ1) is 10.5. The van der Waals surface area contributed by atoms with Gasteiger partial charge < -0.3 is 9.72 Å². The quantitative estimate of drug-likeness (QED) is 0.806. The molecule has 0 aliphatic carbocycles. The number of aromatic nitrogens is 2. The van der Waals surface area contributed by atoms with Crippen molar-refractivity contribution < 1.29 is 4.79 Å². The Bertz CT molecular complexity index is 849. The number of hydrogen-bond donors (Lipinski definition) is 1. The zero-order chi connectivity index (χ0) is 15.7. The first-order valence-electron chi connectivity index (χ1n) is 7.32. The van der Waals surface area contributed by atoms with E-state index in [-0.39, 0.29) is 5.91 Å². The van der Waals surface area contributed by atoms with Crippen LogP contribution in [-0.2, 0) is 6.54 Å². The number of rotatable bonds is 3. The Morgan fingerprint density at radius 1 is 1.14 bits per heavy atom. The Kier molecular flexibility index (Phi) is 3.67. The van der Waals surface area contributed by atoms with Gasteiger partial charge in [-0.05, 0) is 61.7 Å². The number of hydrogen-bond acceptors (Lipinski definition) is 2. The fourth-order valence-corrected chi connectivity index (χ4v) is 2.38. The fourth-order valence-electron chi connectivity index (χ4n) is 2.38. The Morgan fingerprint density at radius 2 is 1.95 bits per heavy atom. The standard InChI is InChI=1S/C18H19N3O/c1-12-6-7-21-11-16(20-17(21)8-12)10-19-18(22)15-5-4-13(2)14(3)9-15/h4-9,11H,10H2,1-3H3,(H,19,22). The third kappa shape index (κ3) is 2.86. The smallest absolute Gasteiger partial charge is 0.251 e. The highest BCUT2D eigenvalue weighted by atomic mass is 16.1. The molecule has 1 N–H and O–H groups in total. The van der Waals surface area contributed by atoms with Crippen LogP contribution in [-0.4, -0.2) is 15.3 Å². The number of nitrogens with zero attached hydrogens (tertiary/aromatic N) is 2. The summed E-state index contributed by atoms with van der Waals surface area (Å²) in [5.41, 5.74) is 5.91. The van der Waals surface area contributed by atoms with Gasteiger partial charge in [0.2, 0.25) is 0 Å². The minimum Gasteiger partial charge on any atom is -0.346 e. The molecule has 0 spiro atoms. The molecule has 0 unspecified atom stereocenters. The van der Waals surface area contributed by atoms with Crippen LogP contribution in [0, 0.1) is 20.8 Å². The van der Waals surface area contributed by atoms with E-state index in [9.17, 15) is 4.79 Å². The van der Waals surface area contributed by atoms with E-state index in [4.69, 9.17) is 0 Å². The molecule has 0 aliphatic heterocycles. The van der Waals surface area contributed by atoms with Gasteiger partial charge in [-0.1, -0.05) is 6.07 Å². The van der Waals surface area contributed by atoms with Crippen LogP contribution in [0.25, 0.3) is 5.65 Å². The van der Waals surface area contributed by atoms with E-state index < -0.39 is 0 Å². The van der Waals surface area contributed by atoms with Gasteiger partial charge in [0.15, 0.2) is 0 Å². The van der Waals surface area contributed by atoms with Crippen LogP contribution in [0.3, 0.4) is 0 Å². The van der Waals surface area contributed by atoms with Crippen LogP contribution >= 0.6 is 0 Å². The van der Waals surface area contributed by atoms with Crippen LogP contribution in [0.15, 0.2) is 42.7 Å². The molecule has 2 aromatic heterocycles. The summed E-state index contributed by atoms with van der Waals surface area (Å²) in [5.74, 6) is -0.0728. The molecular formula is C18H19N3O. The largest absolute Gasteiger partial charge is 0.346 e. The first-order valence-corrected chi connectivity index (χ1v) is 7.32. The molecule has 2 heterocycles. The second-order valence-electron chi connectivity index (χ2n) is 5.68. The van der Waals surface area contributed by atoms with E-state index in [1.54, 1.807) is 0 Å². The highest BCUT2D eigenvalue weighted by Gasteiger charge is 2.08. The second-order valence-corrected chi connectivity index (χ2v) is 5.68. The number of fused-ring (bicyclic) bond motifs is 1. The minimum atomic E-state index is -0.0728. The molecule has 22 heavy (non-hydrogen) atoms. The minimum absolute atomic E-state index is 0.0728. The van der Waals surface area contributed by atoms with Crippen LogP contribution < -0.4 is 5.32 Å². The molecule has 1 aromatic carbocycles. The molecule has 0 atom stereocenters. The van der Waals surface area contributed by atoms with E-state index in [2.05, 4.69) is 10.3 Å². The van der Waals surface area contributed by atoms with Gasteiger partial charge in [0.25, 0.3) is 5.91 Å². The van der Waals surface area contributed by atoms with Crippen molar-refractivity contribution in [3.63, 3.8) is 0 Å². The van der Waals surface area contributed by atoms with Crippen molar-refractivity contribution in [1.82, 2.24) is 14.7 Å². The van der Waals surface area contributed by atoms with Crippen molar-refractivity contribution in [2.45, 2.75) is 27.3 Å². The summed E-state index contributed by atoms with van der Waals surface area (Å²) in [4.78, 5) is 16.7. The number of amides is 1. The number of carbonyl (C=O) groups is 1. The second kappa shape index (κ2) is 5.64. The van der Waals surface area contributed by atoms with Gasteiger partial charge in [-0.2, -0.15) is 0 Å². The third-order valence-corrected chi connectivity index (χ3v) is 3.86. The molecule has 0 saturated carbocycles. The zero-order valence-electron chi connectivity index (χ0n) is 13.1. The van der Waals surface area contributed by atoms with Gasteiger partial charge >= 0.3 is 0 Å². The van der Waals surface area contributed by atoms with Gasteiger partial charge in [0.05, 0.1) is 12.2 Å². The summed E-state index contributed by atoms with van der Waals surface area (Å²) in [6.07, 6.45) is 3.92. The van der Waals surface area contributed by atoms with E-state index in [1.165, 1.54) is 11.1 Å². The van der Waals surface area contributed by atoms with E-state index >= 15 is 0 Å². The van der Waals surface area contributed by atoms with Gasteiger partial charge in [0, 0.05) is 18.0 Å². The number of nitrogens with one attached hydrogen (secondary N) is 1. The number of aryl methyl sites for hydroxylation is 3. The third-order valence-electron chi connectivity index (χ3n) is 3.86. The van der Waals surface area contributed by atoms with Gasteiger partial charge in [-0.3, -0.25) is 4.79 Å². The maximum absolute atomic E-state index is 12.2. The maximum atomic E-state index is 12.2. The lowest BCUT2D eigenvalue weighted by molar-refractivity contribution is 0.0950. The summed E-state index contributed by atoms with van der Waals surface area (Å²) >= 11 is 0. The van der Waals surface area contributed by atoms with E-state index in [1.807, 2.05) is 67.9 Å². The molecule has 4 nitrogen and oxygen atoms in total. The fraction of sp³-hybridized carbons (Fsp3) is 0.222. The predicted molar refractivity (Wildman–Crippen MR) is 87.0 cm³/mol. The molecule has 3 aromatic rings. The monoisotopic (exact) mass is 293 g/mol. The summed E-state index contributed by atoms with van der Waals surface area (Å²) < 4.78 is 1.96. The van der Waals surface area contributed by atoms with Gasteiger partial charge in [0.1, 0.15) is 5.65 Å². The molecule has 4 heteroatoms. The summed E-state index contributed by atoms with van der Waals surface area (Å²) in [6.45, 7) is 6.51. The molecule has 112 valence electrons. The predicted octanol–water partition coefficient (Wildman–Crippen LogP) is 3.19. The van der Waals surface area contributed by atoms with Crippen LogP contribution in [0.2, 0.25) is 0 Å². The number of benzene rings is 1. The van der Waals surface area contributed by atoms with Crippen molar-refractivity contribution in [3.05, 3.63) is 70.7 Å². The Morgan fingerprint density at radius 3 is 2.73 bits per heavy atom. The average molecular weight is 293 g/mol. The highest BCUT2D eigenvalue weighted by Crippen LogP contribution is 2.11. The van der Waals surface area contributed by atoms with E-state index in [0.717, 1.165) is 16.9 Å². The van der Waals surface area contributed by atoms with Gasteiger partial charge in [-0.15, -0.1) is 0 Å². The Labute approximate surface area is 129 Å². The van der Waals surface area contributed by atoms with Crippen LogP contribution in [0.5, 0.6) is 0 Å². The summed E-state index contributed by atoms with van der Waals surface area (Å²) in [7, 11) is 0. The zero-order valence-corrected chi connectivity index (χ0v) is 13.1. The Balaban J connectivity index is 1.72. The maximum Gasteiger partial charge on any atom is 0.251 e. The van der Waals surface area contributed by atoms with Crippen molar-refractivity contribution in [1.29, 1.82) is 0 Å². The van der Waals surface area contributed by atoms with E-state index in [0.29, 0.717) is 12.1 Å². The lowest BCUT2D eigenvalue weighted by Gasteiger charge is -2.06. The van der Waals surface area contributed by atoms with Crippen molar-refractivity contribution in [2.24, 2.45) is 0 Å².